The van der Waals surface area contributed by atoms with Crippen LogP contribution < -0.4 is 4.90 Å². The molecule has 6 rings (SSSR count). The van der Waals surface area contributed by atoms with Gasteiger partial charge >= 0.3 is 37.1 Å². The van der Waals surface area contributed by atoms with Crippen LogP contribution in [-0.2, 0) is 16.6 Å². The van der Waals surface area contributed by atoms with Gasteiger partial charge in [0.25, 0.3) is 34.8 Å². The Labute approximate surface area is 400 Å². The van der Waals surface area contributed by atoms with Gasteiger partial charge in [0.05, 0.1) is 27.9 Å². The van der Waals surface area contributed by atoms with Crippen LogP contribution in [0.15, 0.2) is 60.7 Å². The summed E-state index contributed by atoms with van der Waals surface area (Å²) < 4.78 is 268. The summed E-state index contributed by atoms with van der Waals surface area (Å²) >= 11 is 0. The van der Waals surface area contributed by atoms with Crippen molar-refractivity contribution in [2.75, 3.05) is 4.90 Å². The van der Waals surface area contributed by atoms with Crippen molar-refractivity contribution in [3.8, 4) is 11.1 Å². The molecule has 396 valence electrons. The number of carbonyl (C=O) groups is 4. The average molecular weight is 1070 g/mol. The van der Waals surface area contributed by atoms with E-state index in [4.69, 9.17) is 0 Å². The van der Waals surface area contributed by atoms with Crippen molar-refractivity contribution >= 4 is 29.3 Å². The van der Waals surface area contributed by atoms with E-state index in [0.29, 0.717) is 17.0 Å². The molecule has 0 saturated carbocycles. The standard InChI is InChI=1S/C47H36F18N2O6/c1-8-38(6,7)67-36(70)25-12-10-23(16-30(25)37(67)71)39(42(48,49)50,43(51,52)53)22-9-11-24-29(15-22)35(69)66(34(24)68)33-14-21(5)28(18-32(33)41(73,46(60,61)62)47(63,64)65)27-17-31(26(19(2)3)13-20(27)4)40(72,44(54,55)56)45(57,58)59/h9-19,72-73H,8H2,1-7H3. The molecule has 4 aromatic carbocycles. The number of imide groups is 2. The lowest BCUT2D eigenvalue weighted by molar-refractivity contribution is -0.376. The van der Waals surface area contributed by atoms with Gasteiger partial charge in [-0.15, -0.1) is 0 Å². The molecule has 2 aliphatic rings. The van der Waals surface area contributed by atoms with Gasteiger partial charge in [-0.3, -0.25) is 24.1 Å². The van der Waals surface area contributed by atoms with Gasteiger partial charge in [0.2, 0.25) is 5.41 Å². The van der Waals surface area contributed by atoms with E-state index in [0.717, 1.165) is 27.7 Å². The highest BCUT2D eigenvalue weighted by molar-refractivity contribution is 6.35. The summed E-state index contributed by atoms with van der Waals surface area (Å²) in [5.74, 6) is -7.95. The molecule has 4 amide bonds. The van der Waals surface area contributed by atoms with Crippen molar-refractivity contribution in [1.29, 1.82) is 0 Å². The molecule has 2 N–H and O–H groups in total. The lowest BCUT2D eigenvalue weighted by Gasteiger charge is -2.38. The van der Waals surface area contributed by atoms with E-state index in [1.165, 1.54) is 20.8 Å². The van der Waals surface area contributed by atoms with E-state index < -0.39 is 172 Å². The summed E-state index contributed by atoms with van der Waals surface area (Å²) in [5, 5.41) is 21.3. The largest absolute Gasteiger partial charge is 0.430 e. The third kappa shape index (κ3) is 8.02. The molecule has 0 atom stereocenters. The number of amides is 4. The van der Waals surface area contributed by atoms with E-state index in [1.807, 2.05) is 0 Å². The molecule has 0 aromatic heterocycles. The van der Waals surface area contributed by atoms with Crippen molar-refractivity contribution in [1.82, 2.24) is 4.90 Å². The van der Waals surface area contributed by atoms with Crippen LogP contribution in [0.5, 0.6) is 0 Å². The van der Waals surface area contributed by atoms with Crippen LogP contribution in [0, 0.1) is 13.8 Å². The predicted octanol–water partition coefficient (Wildman–Crippen LogP) is 12.7. The van der Waals surface area contributed by atoms with E-state index in [-0.39, 0.29) is 55.0 Å². The Morgan fingerprint density at radius 2 is 0.822 bits per heavy atom. The molecular weight excluding hydrogens is 1030 g/mol. The molecule has 26 heteroatoms. The smallest absolute Gasteiger partial charge is 0.369 e. The van der Waals surface area contributed by atoms with E-state index in [1.54, 1.807) is 0 Å². The summed E-state index contributed by atoms with van der Waals surface area (Å²) in [6.07, 6.45) is -40.2. The number of anilines is 1. The SMILES string of the molecule is CCC(C)(C)N1C(=O)c2ccc(C(c3ccc4c(c3)C(=O)N(c3cc(C)c(-c5cc(C(O)(C(F)(F)F)C(F)(F)F)c(C(C)C)cc5C)cc3C(O)(C(F)(F)F)C(F)(F)F)C4=O)(C(F)(F)F)C(F)(F)F)cc2C1=O. The van der Waals surface area contributed by atoms with Crippen molar-refractivity contribution in [3.05, 3.63) is 122 Å². The predicted molar refractivity (Wildman–Crippen MR) is 219 cm³/mol. The third-order valence-electron chi connectivity index (χ3n) is 13.3. The first-order valence-corrected chi connectivity index (χ1v) is 21.0. The Balaban J connectivity index is 1.64. The van der Waals surface area contributed by atoms with Crippen molar-refractivity contribution < 1.29 is 108 Å². The minimum Gasteiger partial charge on any atom is -0.369 e. The zero-order valence-electron chi connectivity index (χ0n) is 38.3. The topological polar surface area (TPSA) is 115 Å². The lowest BCUT2D eigenvalue weighted by Crippen LogP contribution is -2.55. The first-order valence-electron chi connectivity index (χ1n) is 21.0. The monoisotopic (exact) mass is 1070 g/mol. The summed E-state index contributed by atoms with van der Waals surface area (Å²) in [6, 6.07) is 1.08. The maximum absolute atomic E-state index is 15.5. The number of hydrogen-bond acceptors (Lipinski definition) is 6. The number of hydrogen-bond donors (Lipinski definition) is 2. The number of aryl methyl sites for hydroxylation is 2. The first-order chi connectivity index (χ1) is 32.8. The van der Waals surface area contributed by atoms with Crippen LogP contribution in [0.4, 0.5) is 84.7 Å². The zero-order chi connectivity index (χ0) is 55.9. The van der Waals surface area contributed by atoms with Gasteiger partial charge in [0.1, 0.15) is 0 Å². The zero-order valence-corrected chi connectivity index (χ0v) is 38.3. The highest BCUT2D eigenvalue weighted by Crippen LogP contribution is 2.59. The lowest BCUT2D eigenvalue weighted by atomic mass is 9.71. The van der Waals surface area contributed by atoms with Gasteiger partial charge in [-0.05, 0) is 121 Å². The van der Waals surface area contributed by atoms with Gasteiger partial charge in [-0.2, -0.15) is 79.0 Å². The molecule has 2 aliphatic heterocycles. The second-order valence-corrected chi connectivity index (χ2v) is 18.3. The second kappa shape index (κ2) is 16.9. The highest BCUT2D eigenvalue weighted by atomic mass is 19.4. The van der Waals surface area contributed by atoms with Gasteiger partial charge in [0, 0.05) is 16.7 Å². The summed E-state index contributed by atoms with van der Waals surface area (Å²) in [4.78, 5) is 54.9. The fourth-order valence-electron chi connectivity index (χ4n) is 9.06. The summed E-state index contributed by atoms with van der Waals surface area (Å²) in [7, 11) is 0. The van der Waals surface area contributed by atoms with Gasteiger partial charge in [0.15, 0.2) is 0 Å². The average Bonchev–Trinajstić information content (AvgIpc) is 3.63. The Morgan fingerprint density at radius 3 is 1.22 bits per heavy atom. The van der Waals surface area contributed by atoms with Crippen LogP contribution in [0.1, 0.15) is 127 Å². The molecule has 0 aliphatic carbocycles. The number of alkyl halides is 18. The molecule has 2 heterocycles. The second-order valence-electron chi connectivity index (χ2n) is 18.3. The fraction of sp³-hybridized carbons (Fsp3) is 0.404. The van der Waals surface area contributed by atoms with Crippen molar-refractivity contribution in [3.63, 3.8) is 0 Å². The Hall–Kier alpha value is -6.18. The molecule has 0 fully saturated rings. The molecule has 0 spiro atoms. The van der Waals surface area contributed by atoms with E-state index in [2.05, 4.69) is 0 Å². The number of rotatable bonds is 9. The fourth-order valence-corrected chi connectivity index (χ4v) is 9.06. The van der Waals surface area contributed by atoms with Crippen LogP contribution >= 0.6 is 0 Å². The molecule has 0 radical (unpaired) electrons. The van der Waals surface area contributed by atoms with E-state index >= 15 is 26.3 Å². The number of aliphatic hydroxyl groups is 2. The molecule has 0 unspecified atom stereocenters. The molecule has 73 heavy (non-hydrogen) atoms. The molecule has 0 saturated heterocycles. The minimum absolute atomic E-state index is 0.0114. The Bertz CT molecular complexity index is 2940. The Morgan fingerprint density at radius 1 is 0.466 bits per heavy atom. The number of benzene rings is 4. The Kier molecular flexibility index (Phi) is 13.0. The summed E-state index contributed by atoms with van der Waals surface area (Å²) in [5.41, 5.74) is -37.6. The number of fused-ring (bicyclic) bond motifs is 2. The third-order valence-corrected chi connectivity index (χ3v) is 13.3. The van der Waals surface area contributed by atoms with E-state index in [9.17, 15) is 82.1 Å². The van der Waals surface area contributed by atoms with Gasteiger partial charge in [-0.1, -0.05) is 39.0 Å². The van der Waals surface area contributed by atoms with Crippen LogP contribution in [-0.4, -0.2) is 81.3 Å². The molecule has 0 bridgehead atoms. The number of carbonyl (C=O) groups excluding carboxylic acids is 4. The number of halogens is 18. The van der Waals surface area contributed by atoms with Crippen LogP contribution in [0.25, 0.3) is 11.1 Å². The highest BCUT2D eigenvalue weighted by Gasteiger charge is 2.75. The van der Waals surface area contributed by atoms with Gasteiger partial charge < -0.3 is 10.2 Å². The maximum Gasteiger partial charge on any atom is 0.430 e. The van der Waals surface area contributed by atoms with Crippen molar-refractivity contribution in [2.24, 2.45) is 0 Å². The van der Waals surface area contributed by atoms with Crippen molar-refractivity contribution in [2.45, 2.75) is 120 Å². The normalized spacial score (nSPS) is 15.8. The maximum atomic E-state index is 15.5. The van der Waals surface area contributed by atoms with Crippen LogP contribution in [0.3, 0.4) is 0 Å². The molecular formula is C47H36F18N2O6. The first kappa shape index (κ1) is 56.1. The van der Waals surface area contributed by atoms with Crippen LogP contribution in [0.2, 0.25) is 0 Å². The van der Waals surface area contributed by atoms with Gasteiger partial charge in [-0.25, -0.2) is 4.90 Å². The summed E-state index contributed by atoms with van der Waals surface area (Å²) in [6.45, 7) is 8.02. The minimum atomic E-state index is -6.98. The molecule has 8 nitrogen and oxygen atoms in total. The molecule has 4 aromatic rings. The quantitative estimate of drug-likeness (QED) is 0.127. The number of nitrogens with zero attached hydrogens (tertiary/aromatic N) is 2.